The monoisotopic (exact) mass is 391 g/mol. The molecular weight excluding hydrogens is 360 g/mol. The molecule has 0 radical (unpaired) electrons. The van der Waals surface area contributed by atoms with Crippen LogP contribution in [0.1, 0.15) is 16.7 Å². The first-order valence-corrected chi connectivity index (χ1v) is 9.66. The highest BCUT2D eigenvalue weighted by Gasteiger charge is 2.15. The normalized spacial score (nSPS) is 11.2. The fourth-order valence-electron chi connectivity index (χ4n) is 3.02. The van der Waals surface area contributed by atoms with E-state index >= 15 is 0 Å². The molecule has 2 aromatic rings. The van der Waals surface area contributed by atoms with Crippen molar-refractivity contribution in [2.45, 2.75) is 20.4 Å². The number of aromatic nitrogens is 1. The standard InChI is InChI=1S/C20H30N4O2S/c1-14-10-15(2)17-12-16(19(25)22-18(17)11-14)13-24(8-7-23(3)4)20(27)21-6-9-26-5/h10-12H,6-9,13H2,1-5H3,(H,21,27)(H,22,25)/p+1. The lowest BCUT2D eigenvalue weighted by Crippen LogP contribution is -3.06. The molecule has 0 bridgehead atoms. The minimum atomic E-state index is -0.0607. The molecule has 27 heavy (non-hydrogen) atoms. The Bertz CT molecular complexity index is 848. The molecule has 0 aliphatic rings. The number of benzene rings is 1. The summed E-state index contributed by atoms with van der Waals surface area (Å²) in [6, 6.07) is 6.14. The minimum Gasteiger partial charge on any atom is -0.383 e. The summed E-state index contributed by atoms with van der Waals surface area (Å²) in [5, 5.41) is 4.94. The molecule has 3 N–H and O–H groups in total. The van der Waals surface area contributed by atoms with Gasteiger partial charge in [-0.15, -0.1) is 0 Å². The molecule has 0 atom stereocenters. The van der Waals surface area contributed by atoms with Crippen LogP contribution in [-0.4, -0.2) is 62.4 Å². The Hall–Kier alpha value is -1.96. The fourth-order valence-corrected chi connectivity index (χ4v) is 3.28. The largest absolute Gasteiger partial charge is 0.383 e. The van der Waals surface area contributed by atoms with Gasteiger partial charge in [-0.25, -0.2) is 0 Å². The third-order valence-electron chi connectivity index (χ3n) is 4.50. The number of aryl methyl sites for hydroxylation is 2. The lowest BCUT2D eigenvalue weighted by atomic mass is 10.0. The molecule has 0 saturated heterocycles. The highest BCUT2D eigenvalue weighted by Crippen LogP contribution is 2.19. The second-order valence-corrected chi connectivity index (χ2v) is 7.66. The van der Waals surface area contributed by atoms with Crippen molar-refractivity contribution in [3.63, 3.8) is 0 Å². The predicted molar refractivity (Wildman–Crippen MR) is 115 cm³/mol. The van der Waals surface area contributed by atoms with E-state index in [0.717, 1.165) is 40.7 Å². The van der Waals surface area contributed by atoms with Gasteiger partial charge in [0.15, 0.2) is 5.11 Å². The number of rotatable bonds is 8. The van der Waals surface area contributed by atoms with Crippen LogP contribution in [-0.2, 0) is 11.3 Å². The van der Waals surface area contributed by atoms with Crippen LogP contribution in [0, 0.1) is 13.8 Å². The summed E-state index contributed by atoms with van der Waals surface area (Å²) in [7, 11) is 5.87. The van der Waals surface area contributed by atoms with Gasteiger partial charge in [-0.05, 0) is 49.3 Å². The van der Waals surface area contributed by atoms with Crippen LogP contribution in [0.5, 0.6) is 0 Å². The van der Waals surface area contributed by atoms with Gasteiger partial charge >= 0.3 is 0 Å². The molecule has 2 rings (SSSR count). The maximum Gasteiger partial charge on any atom is 0.253 e. The summed E-state index contributed by atoms with van der Waals surface area (Å²) in [4.78, 5) is 19.1. The Balaban J connectivity index is 2.28. The van der Waals surface area contributed by atoms with Crippen LogP contribution in [0.15, 0.2) is 23.0 Å². The van der Waals surface area contributed by atoms with Crippen molar-refractivity contribution in [2.24, 2.45) is 0 Å². The molecule has 148 valence electrons. The van der Waals surface area contributed by atoms with E-state index in [1.807, 2.05) is 19.1 Å². The Kier molecular flexibility index (Phi) is 7.77. The molecule has 0 aliphatic heterocycles. The number of fused-ring (bicyclic) bond motifs is 1. The molecule has 1 heterocycles. The van der Waals surface area contributed by atoms with Crippen molar-refractivity contribution in [1.82, 2.24) is 15.2 Å². The third-order valence-corrected chi connectivity index (χ3v) is 4.90. The number of hydrogen-bond acceptors (Lipinski definition) is 3. The van der Waals surface area contributed by atoms with Crippen LogP contribution >= 0.6 is 12.2 Å². The van der Waals surface area contributed by atoms with Crippen molar-refractivity contribution >= 4 is 28.2 Å². The lowest BCUT2D eigenvalue weighted by molar-refractivity contribution is -0.857. The molecule has 1 aromatic carbocycles. The minimum absolute atomic E-state index is 0.0607. The maximum atomic E-state index is 12.6. The number of pyridine rings is 1. The molecule has 0 unspecified atom stereocenters. The number of likely N-dealkylation sites (N-methyl/N-ethyl adjacent to an activating group) is 1. The van der Waals surface area contributed by atoms with Crippen molar-refractivity contribution in [2.75, 3.05) is 47.4 Å². The number of quaternary nitrogens is 1. The summed E-state index contributed by atoms with van der Waals surface area (Å²) in [5.41, 5.74) is 3.84. The van der Waals surface area contributed by atoms with Gasteiger partial charge in [-0.1, -0.05) is 6.07 Å². The number of methoxy groups -OCH3 is 1. The van der Waals surface area contributed by atoms with Crippen molar-refractivity contribution in [1.29, 1.82) is 0 Å². The first kappa shape index (κ1) is 21.3. The van der Waals surface area contributed by atoms with E-state index in [4.69, 9.17) is 17.0 Å². The maximum absolute atomic E-state index is 12.6. The van der Waals surface area contributed by atoms with Gasteiger partial charge in [0.25, 0.3) is 5.56 Å². The smallest absolute Gasteiger partial charge is 0.253 e. The van der Waals surface area contributed by atoms with Crippen LogP contribution in [0.4, 0.5) is 0 Å². The van der Waals surface area contributed by atoms with Gasteiger partial charge < -0.3 is 24.8 Å². The van der Waals surface area contributed by atoms with Crippen molar-refractivity contribution < 1.29 is 9.64 Å². The van der Waals surface area contributed by atoms with Gasteiger partial charge in [-0.2, -0.15) is 0 Å². The number of thiocarbonyl (C=S) groups is 1. The van der Waals surface area contributed by atoms with E-state index in [1.54, 1.807) is 7.11 Å². The Morgan fingerprint density at radius 3 is 2.70 bits per heavy atom. The second-order valence-electron chi connectivity index (χ2n) is 7.27. The number of ether oxygens (including phenoxy) is 1. The predicted octanol–water partition coefficient (Wildman–Crippen LogP) is 0.612. The molecule has 0 amide bonds. The fraction of sp³-hybridized carbons (Fsp3) is 0.500. The first-order valence-electron chi connectivity index (χ1n) is 9.25. The molecule has 0 aliphatic carbocycles. The zero-order chi connectivity index (χ0) is 20.0. The average Bonchev–Trinajstić information content (AvgIpc) is 2.59. The van der Waals surface area contributed by atoms with Gasteiger partial charge in [0.2, 0.25) is 0 Å². The number of nitrogens with one attached hydrogen (secondary N) is 3. The lowest BCUT2D eigenvalue weighted by Gasteiger charge is -2.26. The SMILES string of the molecule is COCCNC(=S)N(CC[NH+](C)C)Cc1cc2c(C)cc(C)cc2[nH]c1=O. The van der Waals surface area contributed by atoms with Crippen molar-refractivity contribution in [3.8, 4) is 0 Å². The van der Waals surface area contributed by atoms with Gasteiger partial charge in [0.05, 0.1) is 40.3 Å². The zero-order valence-corrected chi connectivity index (χ0v) is 17.8. The quantitative estimate of drug-likeness (QED) is 0.455. The molecule has 7 heteroatoms. The molecule has 0 spiro atoms. The van der Waals surface area contributed by atoms with Gasteiger partial charge in [-0.3, -0.25) is 4.79 Å². The first-order chi connectivity index (χ1) is 12.8. The number of nitrogens with zero attached hydrogens (tertiary/aromatic N) is 1. The van der Waals surface area contributed by atoms with E-state index in [2.05, 4.69) is 42.3 Å². The topological polar surface area (TPSA) is 61.8 Å². The number of aromatic amines is 1. The summed E-state index contributed by atoms with van der Waals surface area (Å²) in [6.45, 7) is 7.51. The third kappa shape index (κ3) is 6.02. The highest BCUT2D eigenvalue weighted by molar-refractivity contribution is 7.80. The van der Waals surface area contributed by atoms with E-state index in [-0.39, 0.29) is 5.56 Å². The number of H-pyrrole nitrogens is 1. The summed E-state index contributed by atoms with van der Waals surface area (Å²) in [5.74, 6) is 0. The highest BCUT2D eigenvalue weighted by atomic mass is 32.1. The van der Waals surface area contributed by atoms with E-state index in [9.17, 15) is 4.79 Å². The van der Waals surface area contributed by atoms with Gasteiger partial charge in [0, 0.05) is 30.1 Å². The second kappa shape index (κ2) is 9.82. The van der Waals surface area contributed by atoms with Crippen LogP contribution in [0.25, 0.3) is 10.9 Å². The van der Waals surface area contributed by atoms with E-state index < -0.39 is 0 Å². The zero-order valence-electron chi connectivity index (χ0n) is 16.9. The van der Waals surface area contributed by atoms with Crippen molar-refractivity contribution in [3.05, 3.63) is 45.2 Å². The molecular formula is C20H31N4O2S+. The molecule has 1 aromatic heterocycles. The molecule has 0 fully saturated rings. The van der Waals surface area contributed by atoms with Crippen LogP contribution < -0.4 is 15.8 Å². The average molecular weight is 392 g/mol. The molecule has 6 nitrogen and oxygen atoms in total. The Morgan fingerprint density at radius 2 is 2.04 bits per heavy atom. The Labute approximate surface area is 166 Å². The van der Waals surface area contributed by atoms with Gasteiger partial charge in [0.1, 0.15) is 0 Å². The Morgan fingerprint density at radius 1 is 1.30 bits per heavy atom. The molecule has 0 saturated carbocycles. The van der Waals surface area contributed by atoms with Crippen LogP contribution in [0.2, 0.25) is 0 Å². The number of hydrogen-bond donors (Lipinski definition) is 3. The van der Waals surface area contributed by atoms with E-state index in [0.29, 0.717) is 24.8 Å². The summed E-state index contributed by atoms with van der Waals surface area (Å²) < 4.78 is 5.08. The summed E-state index contributed by atoms with van der Waals surface area (Å²) >= 11 is 5.56. The van der Waals surface area contributed by atoms with E-state index in [1.165, 1.54) is 4.90 Å². The van der Waals surface area contributed by atoms with Crippen LogP contribution in [0.3, 0.4) is 0 Å². The summed E-state index contributed by atoms with van der Waals surface area (Å²) in [6.07, 6.45) is 0.